The molecule has 4 rings (SSSR count). The fourth-order valence-corrected chi connectivity index (χ4v) is 5.00. The van der Waals surface area contributed by atoms with Crippen molar-refractivity contribution in [3.05, 3.63) is 52.9 Å². The topological polar surface area (TPSA) is 65.9 Å². The minimum absolute atomic E-state index is 0.0472. The highest BCUT2D eigenvalue weighted by molar-refractivity contribution is 6.31. The summed E-state index contributed by atoms with van der Waals surface area (Å²) in [4.78, 5) is 20.8. The second-order valence-electron chi connectivity index (χ2n) is 9.10. The fourth-order valence-electron chi connectivity index (χ4n) is 4.71. The van der Waals surface area contributed by atoms with Crippen LogP contribution in [0.4, 0.5) is 23.2 Å². The van der Waals surface area contributed by atoms with E-state index in [0.717, 1.165) is 6.92 Å². The van der Waals surface area contributed by atoms with Gasteiger partial charge in [0.1, 0.15) is 5.82 Å². The number of likely N-dealkylation sites (tertiary alicyclic amines) is 1. The zero-order chi connectivity index (χ0) is 25.4. The van der Waals surface area contributed by atoms with E-state index < -0.39 is 29.6 Å². The number of hydrogen-bond donors (Lipinski definition) is 1. The molecular formula is C24H26ClF4N3O3. The molecule has 1 spiro atoms. The quantitative estimate of drug-likeness (QED) is 0.562. The largest absolute Gasteiger partial charge is 0.465 e. The fraction of sp³-hybridized carbons (Fsp3) is 0.500. The van der Waals surface area contributed by atoms with Crippen LogP contribution < -0.4 is 9.64 Å². The van der Waals surface area contributed by atoms with Crippen molar-refractivity contribution in [2.45, 2.75) is 44.6 Å². The minimum atomic E-state index is -4.50. The Bertz CT molecular complexity index is 1040. The van der Waals surface area contributed by atoms with Crippen LogP contribution >= 0.6 is 11.6 Å². The number of ether oxygens (including phenoxy) is 1. The van der Waals surface area contributed by atoms with Crippen LogP contribution in [0.3, 0.4) is 0 Å². The van der Waals surface area contributed by atoms with Gasteiger partial charge in [-0.15, -0.1) is 0 Å². The number of aromatic nitrogens is 1. The molecule has 2 saturated heterocycles. The van der Waals surface area contributed by atoms with E-state index >= 15 is 0 Å². The summed E-state index contributed by atoms with van der Waals surface area (Å²) in [5.74, 6) is -0.770. The monoisotopic (exact) mass is 515 g/mol. The maximum absolute atomic E-state index is 14.1. The van der Waals surface area contributed by atoms with Crippen LogP contribution in [0.25, 0.3) is 0 Å². The third-order valence-corrected chi connectivity index (χ3v) is 7.21. The average Bonchev–Trinajstić information content (AvgIpc) is 3.11. The van der Waals surface area contributed by atoms with Gasteiger partial charge in [0, 0.05) is 29.7 Å². The summed E-state index contributed by atoms with van der Waals surface area (Å²) < 4.78 is 57.0. The lowest BCUT2D eigenvalue weighted by atomic mass is 9.77. The number of carbonyl (C=O) groups is 1. The van der Waals surface area contributed by atoms with Gasteiger partial charge in [-0.05, 0) is 57.5 Å². The van der Waals surface area contributed by atoms with E-state index in [1.54, 1.807) is 4.90 Å². The summed E-state index contributed by atoms with van der Waals surface area (Å²) >= 11 is 6.06. The SMILES string of the molecule is C[C@@H](Oc1ccc(N2CCC3(CCN(CC(O)c4c(F)cccc4Cl)CC3)C2=O)cn1)C(F)(F)F. The normalized spacial score (nSPS) is 20.3. The van der Waals surface area contributed by atoms with Gasteiger partial charge in [0.2, 0.25) is 11.8 Å². The zero-order valence-corrected chi connectivity index (χ0v) is 19.8. The van der Waals surface area contributed by atoms with Crippen molar-refractivity contribution in [3.8, 4) is 5.88 Å². The van der Waals surface area contributed by atoms with Crippen molar-refractivity contribution in [1.82, 2.24) is 9.88 Å². The number of aliphatic hydroxyl groups is 1. The Morgan fingerprint density at radius 2 is 1.86 bits per heavy atom. The maximum Gasteiger partial charge on any atom is 0.425 e. The molecule has 11 heteroatoms. The second kappa shape index (κ2) is 9.91. The number of nitrogens with zero attached hydrogens (tertiary/aromatic N) is 3. The number of aliphatic hydroxyl groups excluding tert-OH is 1. The third kappa shape index (κ3) is 5.39. The summed E-state index contributed by atoms with van der Waals surface area (Å²) in [7, 11) is 0. The van der Waals surface area contributed by atoms with Gasteiger partial charge in [0.05, 0.1) is 23.4 Å². The third-order valence-electron chi connectivity index (χ3n) is 6.88. The molecule has 6 nitrogen and oxygen atoms in total. The molecule has 1 aromatic heterocycles. The van der Waals surface area contributed by atoms with Crippen LogP contribution in [-0.2, 0) is 4.79 Å². The van der Waals surface area contributed by atoms with E-state index in [-0.39, 0.29) is 28.9 Å². The number of alkyl halides is 3. The summed E-state index contributed by atoms with van der Waals surface area (Å²) in [6.07, 6.45) is -4.42. The first kappa shape index (κ1) is 25.7. The lowest BCUT2D eigenvalue weighted by molar-refractivity contribution is -0.189. The molecule has 35 heavy (non-hydrogen) atoms. The van der Waals surface area contributed by atoms with Gasteiger partial charge in [-0.2, -0.15) is 13.2 Å². The molecule has 3 heterocycles. The number of halogens is 5. The van der Waals surface area contributed by atoms with Gasteiger partial charge < -0.3 is 19.6 Å². The highest BCUT2D eigenvalue weighted by Gasteiger charge is 2.48. The number of benzene rings is 1. The van der Waals surface area contributed by atoms with Crippen LogP contribution in [0.2, 0.25) is 5.02 Å². The molecule has 0 saturated carbocycles. The molecule has 2 aliphatic heterocycles. The van der Waals surface area contributed by atoms with Crippen LogP contribution in [0.15, 0.2) is 36.5 Å². The van der Waals surface area contributed by atoms with Gasteiger partial charge in [-0.1, -0.05) is 17.7 Å². The van der Waals surface area contributed by atoms with E-state index in [9.17, 15) is 27.5 Å². The Balaban J connectivity index is 1.35. The molecule has 0 bridgehead atoms. The zero-order valence-electron chi connectivity index (χ0n) is 19.1. The van der Waals surface area contributed by atoms with Crippen LogP contribution in [-0.4, -0.2) is 59.4 Å². The summed E-state index contributed by atoms with van der Waals surface area (Å²) in [5, 5.41) is 10.7. The molecule has 1 aromatic carbocycles. The lowest BCUT2D eigenvalue weighted by Gasteiger charge is -2.38. The number of β-amino-alcohol motifs (C(OH)–C–C–N with tert-alkyl or cyclic N) is 1. The molecule has 2 atom stereocenters. The molecule has 0 aliphatic carbocycles. The molecule has 2 fully saturated rings. The van der Waals surface area contributed by atoms with E-state index in [1.165, 1.54) is 36.5 Å². The molecule has 2 aromatic rings. The standard InChI is InChI=1S/C24H26ClF4N3O3/c1-15(24(27,28)29)35-20-6-5-16(13-30-20)32-12-9-23(22(32)34)7-10-31(11-8-23)14-19(33)21-17(25)3-2-4-18(21)26/h2-6,13,15,19,33H,7-12,14H2,1H3/t15-,19?/m1/s1. The van der Waals surface area contributed by atoms with Crippen molar-refractivity contribution < 1.29 is 32.2 Å². The first-order chi connectivity index (χ1) is 16.5. The van der Waals surface area contributed by atoms with Gasteiger partial charge in [0.25, 0.3) is 0 Å². The number of piperidine rings is 1. The van der Waals surface area contributed by atoms with Crippen molar-refractivity contribution in [2.75, 3.05) is 31.1 Å². The number of carbonyl (C=O) groups excluding carboxylic acids is 1. The summed E-state index contributed by atoms with van der Waals surface area (Å²) in [6, 6.07) is 7.13. The Labute approximate surface area is 205 Å². The number of pyridine rings is 1. The smallest absolute Gasteiger partial charge is 0.425 e. The van der Waals surface area contributed by atoms with Gasteiger partial charge in [-0.25, -0.2) is 9.37 Å². The molecule has 1 unspecified atom stereocenters. The van der Waals surface area contributed by atoms with Gasteiger partial charge >= 0.3 is 6.18 Å². The number of hydrogen-bond acceptors (Lipinski definition) is 5. The Morgan fingerprint density at radius 1 is 1.17 bits per heavy atom. The first-order valence-electron chi connectivity index (χ1n) is 11.4. The highest BCUT2D eigenvalue weighted by atomic mass is 35.5. The molecule has 1 amide bonds. The minimum Gasteiger partial charge on any atom is -0.465 e. The van der Waals surface area contributed by atoms with Crippen molar-refractivity contribution in [3.63, 3.8) is 0 Å². The van der Waals surface area contributed by atoms with E-state index in [2.05, 4.69) is 4.98 Å². The van der Waals surface area contributed by atoms with Gasteiger partial charge in [-0.3, -0.25) is 4.79 Å². The molecule has 2 aliphatic rings. The van der Waals surface area contributed by atoms with Crippen LogP contribution in [0, 0.1) is 11.2 Å². The van der Waals surface area contributed by atoms with Crippen molar-refractivity contribution in [1.29, 1.82) is 0 Å². The Kier molecular flexibility index (Phi) is 7.26. The molecular weight excluding hydrogens is 490 g/mol. The molecule has 190 valence electrons. The second-order valence-corrected chi connectivity index (χ2v) is 9.50. The van der Waals surface area contributed by atoms with Crippen LogP contribution in [0.5, 0.6) is 5.88 Å². The molecule has 1 N–H and O–H groups in total. The number of anilines is 1. The lowest BCUT2D eigenvalue weighted by Crippen LogP contribution is -2.45. The van der Waals surface area contributed by atoms with Crippen molar-refractivity contribution >= 4 is 23.2 Å². The van der Waals surface area contributed by atoms with E-state index in [1.807, 2.05) is 4.90 Å². The number of rotatable bonds is 6. The molecule has 0 radical (unpaired) electrons. The summed E-state index contributed by atoms with van der Waals surface area (Å²) in [6.45, 7) is 2.70. The van der Waals surface area contributed by atoms with Gasteiger partial charge in [0.15, 0.2) is 6.10 Å². The predicted octanol–water partition coefficient (Wildman–Crippen LogP) is 4.76. The first-order valence-corrected chi connectivity index (χ1v) is 11.7. The van der Waals surface area contributed by atoms with E-state index in [4.69, 9.17) is 16.3 Å². The predicted molar refractivity (Wildman–Crippen MR) is 122 cm³/mol. The van der Waals surface area contributed by atoms with Crippen LogP contribution in [0.1, 0.15) is 37.9 Å². The number of amides is 1. The highest BCUT2D eigenvalue weighted by Crippen LogP contribution is 2.43. The Morgan fingerprint density at radius 3 is 2.46 bits per heavy atom. The van der Waals surface area contributed by atoms with Crippen molar-refractivity contribution in [2.24, 2.45) is 5.41 Å². The maximum atomic E-state index is 14.1. The summed E-state index contributed by atoms with van der Waals surface area (Å²) in [5.41, 5.74) is 0.0323. The average molecular weight is 516 g/mol. The Hall–Kier alpha value is -2.43. The van der Waals surface area contributed by atoms with E-state index in [0.29, 0.717) is 44.6 Å².